The van der Waals surface area contributed by atoms with Crippen molar-refractivity contribution < 1.29 is 9.52 Å². The predicted octanol–water partition coefficient (Wildman–Crippen LogP) is 3.56. The highest BCUT2D eigenvalue weighted by Gasteiger charge is 2.16. The number of aromatic nitrogens is 1. The molecular weight excluding hydrogens is 250 g/mol. The maximum Gasteiger partial charge on any atom is 0.109 e. The van der Waals surface area contributed by atoms with Gasteiger partial charge in [-0.3, -0.25) is 4.98 Å². The molecule has 3 nitrogen and oxygen atoms in total. The van der Waals surface area contributed by atoms with E-state index in [-0.39, 0.29) is 0 Å². The van der Waals surface area contributed by atoms with Crippen LogP contribution >= 0.6 is 11.6 Å². The van der Waals surface area contributed by atoms with Gasteiger partial charge in [0.05, 0.1) is 18.0 Å². The molecule has 0 aliphatic rings. The summed E-state index contributed by atoms with van der Waals surface area (Å²) >= 11 is 6.12. The minimum absolute atomic E-state index is 0.626. The van der Waals surface area contributed by atoms with E-state index in [0.717, 1.165) is 10.9 Å². The molecule has 4 heteroatoms. The van der Waals surface area contributed by atoms with Gasteiger partial charge in [-0.05, 0) is 24.3 Å². The SMILES string of the molecule is OC(c1ccoc1)c1ccc(Cl)c2cccnc12. The number of aliphatic hydroxyl groups excluding tert-OH is 1. The quantitative estimate of drug-likeness (QED) is 0.765. The van der Waals surface area contributed by atoms with Crippen molar-refractivity contribution in [2.45, 2.75) is 6.10 Å². The summed E-state index contributed by atoms with van der Waals surface area (Å²) in [5.41, 5.74) is 2.12. The van der Waals surface area contributed by atoms with Crippen LogP contribution in [0, 0.1) is 0 Å². The monoisotopic (exact) mass is 259 g/mol. The van der Waals surface area contributed by atoms with E-state index in [2.05, 4.69) is 4.98 Å². The van der Waals surface area contributed by atoms with Crippen molar-refractivity contribution in [2.75, 3.05) is 0 Å². The molecule has 3 rings (SSSR count). The highest BCUT2D eigenvalue weighted by molar-refractivity contribution is 6.35. The minimum atomic E-state index is -0.765. The second kappa shape index (κ2) is 4.44. The zero-order valence-electron chi connectivity index (χ0n) is 9.38. The van der Waals surface area contributed by atoms with Gasteiger partial charge >= 0.3 is 0 Å². The number of benzene rings is 1. The van der Waals surface area contributed by atoms with Crippen LogP contribution in [0.1, 0.15) is 17.2 Å². The molecule has 0 aliphatic carbocycles. The molecule has 0 fully saturated rings. The molecular formula is C14H10ClNO2. The molecule has 1 aromatic carbocycles. The lowest BCUT2D eigenvalue weighted by molar-refractivity contribution is 0.220. The molecule has 0 bridgehead atoms. The molecule has 0 saturated heterocycles. The Kier molecular flexibility index (Phi) is 2.78. The Bertz CT molecular complexity index is 679. The van der Waals surface area contributed by atoms with E-state index in [1.807, 2.05) is 12.1 Å². The van der Waals surface area contributed by atoms with Crippen LogP contribution in [0.3, 0.4) is 0 Å². The standard InChI is InChI=1S/C14H10ClNO2/c15-12-4-3-11(13-10(12)2-1-6-16-13)14(17)9-5-7-18-8-9/h1-8,14,17H. The van der Waals surface area contributed by atoms with Gasteiger partial charge < -0.3 is 9.52 Å². The van der Waals surface area contributed by atoms with Gasteiger partial charge in [-0.15, -0.1) is 0 Å². The summed E-state index contributed by atoms with van der Waals surface area (Å²) in [7, 11) is 0. The molecule has 0 saturated carbocycles. The molecule has 1 N–H and O–H groups in total. The molecule has 0 spiro atoms. The third-order valence-electron chi connectivity index (χ3n) is 2.90. The van der Waals surface area contributed by atoms with Crippen LogP contribution in [0.15, 0.2) is 53.5 Å². The van der Waals surface area contributed by atoms with E-state index in [1.54, 1.807) is 24.4 Å². The number of rotatable bonds is 2. The average molecular weight is 260 g/mol. The fourth-order valence-corrected chi connectivity index (χ4v) is 2.21. The topological polar surface area (TPSA) is 46.3 Å². The Balaban J connectivity index is 2.21. The van der Waals surface area contributed by atoms with E-state index in [9.17, 15) is 5.11 Å². The number of pyridine rings is 1. The molecule has 90 valence electrons. The zero-order chi connectivity index (χ0) is 12.5. The summed E-state index contributed by atoms with van der Waals surface area (Å²) in [5, 5.41) is 11.8. The number of hydrogen-bond donors (Lipinski definition) is 1. The first-order chi connectivity index (χ1) is 8.77. The van der Waals surface area contributed by atoms with Gasteiger partial charge in [0.1, 0.15) is 6.10 Å². The first-order valence-electron chi connectivity index (χ1n) is 5.50. The smallest absolute Gasteiger partial charge is 0.109 e. The maximum atomic E-state index is 10.3. The maximum absolute atomic E-state index is 10.3. The van der Waals surface area contributed by atoms with Crippen LogP contribution in [0.5, 0.6) is 0 Å². The van der Waals surface area contributed by atoms with Crippen LogP contribution in [-0.4, -0.2) is 10.1 Å². The van der Waals surface area contributed by atoms with Gasteiger partial charge in [-0.1, -0.05) is 17.7 Å². The van der Waals surface area contributed by atoms with E-state index in [1.165, 1.54) is 12.5 Å². The Hall–Kier alpha value is -1.84. The molecule has 3 aromatic rings. The number of fused-ring (bicyclic) bond motifs is 1. The van der Waals surface area contributed by atoms with Gasteiger partial charge in [0.15, 0.2) is 0 Å². The average Bonchev–Trinajstić information content (AvgIpc) is 2.93. The number of aliphatic hydroxyl groups is 1. The zero-order valence-corrected chi connectivity index (χ0v) is 10.1. The summed E-state index contributed by atoms with van der Waals surface area (Å²) < 4.78 is 4.99. The van der Waals surface area contributed by atoms with E-state index in [0.29, 0.717) is 16.1 Å². The predicted molar refractivity (Wildman–Crippen MR) is 69.5 cm³/mol. The van der Waals surface area contributed by atoms with Crippen molar-refractivity contribution in [3.8, 4) is 0 Å². The van der Waals surface area contributed by atoms with Crippen LogP contribution in [0.25, 0.3) is 10.9 Å². The lowest BCUT2D eigenvalue weighted by atomic mass is 10.0. The van der Waals surface area contributed by atoms with Crippen molar-refractivity contribution in [1.29, 1.82) is 0 Å². The second-order valence-electron chi connectivity index (χ2n) is 4.00. The van der Waals surface area contributed by atoms with Crippen LogP contribution in [0.4, 0.5) is 0 Å². The summed E-state index contributed by atoms with van der Waals surface area (Å²) in [4.78, 5) is 4.30. The van der Waals surface area contributed by atoms with Crippen LogP contribution in [0.2, 0.25) is 5.02 Å². The normalized spacial score (nSPS) is 12.8. The summed E-state index contributed by atoms with van der Waals surface area (Å²) in [6, 6.07) is 8.99. The van der Waals surface area contributed by atoms with Crippen molar-refractivity contribution in [3.05, 3.63) is 65.2 Å². The third kappa shape index (κ3) is 1.78. The molecule has 0 amide bonds. The molecule has 2 heterocycles. The molecule has 18 heavy (non-hydrogen) atoms. The highest BCUT2D eigenvalue weighted by Crippen LogP contribution is 2.31. The van der Waals surface area contributed by atoms with E-state index < -0.39 is 6.10 Å². The van der Waals surface area contributed by atoms with E-state index in [4.69, 9.17) is 16.0 Å². The van der Waals surface area contributed by atoms with Gasteiger partial charge in [0.2, 0.25) is 0 Å². The Morgan fingerprint density at radius 1 is 1.22 bits per heavy atom. The number of nitrogens with zero attached hydrogens (tertiary/aromatic N) is 1. The Morgan fingerprint density at radius 3 is 2.89 bits per heavy atom. The lowest BCUT2D eigenvalue weighted by Crippen LogP contribution is -2.00. The number of hydrogen-bond acceptors (Lipinski definition) is 3. The van der Waals surface area contributed by atoms with Crippen LogP contribution in [-0.2, 0) is 0 Å². The fraction of sp³-hybridized carbons (Fsp3) is 0.0714. The molecule has 2 aromatic heterocycles. The van der Waals surface area contributed by atoms with Crippen molar-refractivity contribution in [2.24, 2.45) is 0 Å². The third-order valence-corrected chi connectivity index (χ3v) is 3.23. The van der Waals surface area contributed by atoms with Crippen molar-refractivity contribution in [1.82, 2.24) is 4.98 Å². The second-order valence-corrected chi connectivity index (χ2v) is 4.40. The minimum Gasteiger partial charge on any atom is -0.472 e. The first-order valence-corrected chi connectivity index (χ1v) is 5.88. The van der Waals surface area contributed by atoms with Crippen molar-refractivity contribution >= 4 is 22.5 Å². The van der Waals surface area contributed by atoms with Crippen LogP contribution < -0.4 is 0 Å². The molecule has 1 atom stereocenters. The van der Waals surface area contributed by atoms with Gasteiger partial charge in [0.25, 0.3) is 0 Å². The number of furan rings is 1. The van der Waals surface area contributed by atoms with Gasteiger partial charge in [-0.25, -0.2) is 0 Å². The van der Waals surface area contributed by atoms with Gasteiger partial charge in [0, 0.05) is 27.7 Å². The molecule has 0 aliphatic heterocycles. The van der Waals surface area contributed by atoms with E-state index >= 15 is 0 Å². The molecule has 0 radical (unpaired) electrons. The van der Waals surface area contributed by atoms with Gasteiger partial charge in [-0.2, -0.15) is 0 Å². The Morgan fingerprint density at radius 2 is 2.11 bits per heavy atom. The summed E-state index contributed by atoms with van der Waals surface area (Å²) in [6.07, 6.45) is 3.97. The van der Waals surface area contributed by atoms with Crippen molar-refractivity contribution in [3.63, 3.8) is 0 Å². The summed E-state index contributed by atoms with van der Waals surface area (Å²) in [6.45, 7) is 0. The lowest BCUT2D eigenvalue weighted by Gasteiger charge is -2.12. The largest absolute Gasteiger partial charge is 0.472 e. The first kappa shape index (κ1) is 11.3. The number of halogens is 1. The fourth-order valence-electron chi connectivity index (χ4n) is 1.99. The highest BCUT2D eigenvalue weighted by atomic mass is 35.5. The summed E-state index contributed by atoms with van der Waals surface area (Å²) in [5.74, 6) is 0. The Labute approximate surface area is 109 Å². The molecule has 1 unspecified atom stereocenters.